The zero-order valence-electron chi connectivity index (χ0n) is 14.2. The largest absolute Gasteiger partial charge is 0.466 e. The number of ether oxygens (including phenoxy) is 1. The second kappa shape index (κ2) is 8.06. The molecule has 5 nitrogen and oxygen atoms in total. The van der Waals surface area contributed by atoms with Gasteiger partial charge in [0.05, 0.1) is 6.61 Å². The van der Waals surface area contributed by atoms with Gasteiger partial charge in [-0.15, -0.1) is 0 Å². The Bertz CT molecular complexity index is 367. The van der Waals surface area contributed by atoms with Gasteiger partial charge < -0.3 is 14.5 Å². The minimum atomic E-state index is -3.94. The van der Waals surface area contributed by atoms with E-state index in [1.165, 1.54) is 0 Å². The highest BCUT2D eigenvalue weighted by Gasteiger charge is 2.38. The van der Waals surface area contributed by atoms with E-state index in [1.807, 2.05) is 0 Å². The molecule has 0 saturated heterocycles. The quantitative estimate of drug-likeness (QED) is 0.287. The Kier molecular flexibility index (Phi) is 8.08. The van der Waals surface area contributed by atoms with Crippen molar-refractivity contribution in [2.75, 3.05) is 12.8 Å². The van der Waals surface area contributed by atoms with Gasteiger partial charge in [0, 0.05) is 28.7 Å². The van der Waals surface area contributed by atoms with Crippen molar-refractivity contribution in [3.63, 3.8) is 0 Å². The Labute approximate surface area is 130 Å². The van der Waals surface area contributed by atoms with Gasteiger partial charge in [-0.2, -0.15) is 0 Å². The van der Waals surface area contributed by atoms with Gasteiger partial charge in [0.2, 0.25) is 0 Å². The molecule has 0 aromatic heterocycles. The summed E-state index contributed by atoms with van der Waals surface area (Å²) in [5.74, 6) is -0.248. The van der Waals surface area contributed by atoms with Gasteiger partial charge in [-0.3, -0.25) is 9.36 Å². The second-order valence-electron chi connectivity index (χ2n) is 7.81. The van der Waals surface area contributed by atoms with Gasteiger partial charge in [0.15, 0.2) is 0 Å². The molecule has 0 aliphatic carbocycles. The smallest absolute Gasteiger partial charge is 0.325 e. The molecule has 126 valence electrons. The minimum Gasteiger partial charge on any atom is -0.466 e. The van der Waals surface area contributed by atoms with Crippen molar-refractivity contribution >= 4 is 29.7 Å². The molecule has 0 unspecified atom stereocenters. The Morgan fingerprint density at radius 3 is 1.90 bits per heavy atom. The lowest BCUT2D eigenvalue weighted by Crippen LogP contribution is -2.46. The van der Waals surface area contributed by atoms with E-state index in [4.69, 9.17) is 14.5 Å². The molecule has 0 amide bonds. The molecule has 2 N–H and O–H groups in total. The molecule has 0 radical (unpaired) electrons. The first kappa shape index (κ1) is 21.1. The maximum atomic E-state index is 11.7. The monoisotopic (exact) mass is 354 g/mol. The highest BCUT2D eigenvalue weighted by Crippen LogP contribution is 2.35. The van der Waals surface area contributed by atoms with Crippen molar-refractivity contribution in [1.82, 2.24) is 0 Å². The highest BCUT2D eigenvalue weighted by molar-refractivity contribution is 7.51. The van der Waals surface area contributed by atoms with Crippen LogP contribution in [0.1, 0.15) is 19.3 Å². The predicted octanol–water partition coefficient (Wildman–Crippen LogP) is 3.46. The first-order valence-corrected chi connectivity index (χ1v) is 16.4. The fraction of sp³-hybridized carbons (Fsp3) is 0.923. The number of hydrogen-bond acceptors (Lipinski definition) is 3. The molecule has 0 fully saturated rings. The first-order chi connectivity index (χ1) is 9.23. The van der Waals surface area contributed by atoms with E-state index < -0.39 is 23.7 Å². The van der Waals surface area contributed by atoms with Crippen LogP contribution in [-0.2, 0) is 14.1 Å². The van der Waals surface area contributed by atoms with Crippen molar-refractivity contribution in [2.24, 2.45) is 0 Å². The molecule has 0 saturated carbocycles. The average molecular weight is 355 g/mol. The molecule has 0 bridgehead atoms. The van der Waals surface area contributed by atoms with Gasteiger partial charge in [0.25, 0.3) is 0 Å². The van der Waals surface area contributed by atoms with Gasteiger partial charge >= 0.3 is 13.6 Å². The number of carbonyl (C=O) groups excluding carboxylic acids is 1. The van der Waals surface area contributed by atoms with Crippen LogP contribution in [0.15, 0.2) is 0 Å². The zero-order chi connectivity index (χ0) is 16.9. The third-order valence-corrected chi connectivity index (χ3v) is 14.2. The van der Waals surface area contributed by atoms with Crippen molar-refractivity contribution < 1.29 is 23.9 Å². The predicted molar refractivity (Wildman–Crippen MR) is 92.2 cm³/mol. The number of rotatable bonds is 9. The molecule has 21 heavy (non-hydrogen) atoms. The van der Waals surface area contributed by atoms with Gasteiger partial charge in [-0.25, -0.2) is 0 Å². The van der Waals surface area contributed by atoms with E-state index in [9.17, 15) is 9.36 Å². The average Bonchev–Trinajstić information content (AvgIpc) is 2.19. The fourth-order valence-electron chi connectivity index (χ4n) is 2.63. The number of carbonyl (C=O) groups is 1. The van der Waals surface area contributed by atoms with Gasteiger partial charge in [0.1, 0.15) is 0 Å². The van der Waals surface area contributed by atoms with Crippen LogP contribution in [0, 0.1) is 0 Å². The molecule has 0 aliphatic rings. The second-order valence-corrected chi connectivity index (χ2v) is 21.0. The summed E-state index contributed by atoms with van der Waals surface area (Å²) in [4.78, 5) is 29.2. The third-order valence-electron chi connectivity index (χ3n) is 3.58. The standard InChI is InChI=1S/C13H31O5PSi2/c1-20(2,3)13(21(4,5)6)11-18-12(14)9-7-8-10-19(15,16)17/h13H,7-11H2,1-6H3,(H2,15,16,17). The number of unbranched alkanes of at least 4 members (excludes halogenated alkanes) is 1. The van der Waals surface area contributed by atoms with E-state index in [0.29, 0.717) is 24.6 Å². The van der Waals surface area contributed by atoms with E-state index in [-0.39, 0.29) is 18.6 Å². The summed E-state index contributed by atoms with van der Waals surface area (Å²) in [6, 6.07) is 0. The summed E-state index contributed by atoms with van der Waals surface area (Å²) < 4.78 is 16.1. The SMILES string of the molecule is C[Si](C)(C)C(COC(=O)CCCCP(=O)(O)O)[Si](C)(C)C. The Balaban J connectivity index is 4.19. The van der Waals surface area contributed by atoms with Gasteiger partial charge in [-0.1, -0.05) is 39.3 Å². The summed E-state index contributed by atoms with van der Waals surface area (Å²) >= 11 is 0. The summed E-state index contributed by atoms with van der Waals surface area (Å²) in [7, 11) is -6.68. The summed E-state index contributed by atoms with van der Waals surface area (Å²) in [5.41, 5.74) is 0. The molecular formula is C13H31O5PSi2. The van der Waals surface area contributed by atoms with Crippen LogP contribution in [0.4, 0.5) is 0 Å². The van der Waals surface area contributed by atoms with Crippen LogP contribution >= 0.6 is 7.60 Å². The van der Waals surface area contributed by atoms with Crippen LogP contribution in [0.2, 0.25) is 44.4 Å². The lowest BCUT2D eigenvalue weighted by molar-refractivity contribution is -0.143. The fourth-order valence-corrected chi connectivity index (χ4v) is 14.8. The maximum absolute atomic E-state index is 11.7. The van der Waals surface area contributed by atoms with Crippen molar-refractivity contribution in [1.29, 1.82) is 0 Å². The molecule has 0 aromatic rings. The van der Waals surface area contributed by atoms with Crippen LogP contribution in [-0.4, -0.2) is 44.7 Å². The molecule has 0 atom stereocenters. The Hall–Kier alpha value is 0.0538. The van der Waals surface area contributed by atoms with E-state index in [1.54, 1.807) is 0 Å². The van der Waals surface area contributed by atoms with Crippen LogP contribution in [0.5, 0.6) is 0 Å². The van der Waals surface area contributed by atoms with Crippen LogP contribution in [0.25, 0.3) is 0 Å². The molecule has 8 heteroatoms. The lowest BCUT2D eigenvalue weighted by atomic mass is 10.2. The number of hydrogen-bond donors (Lipinski definition) is 2. The zero-order valence-corrected chi connectivity index (χ0v) is 17.1. The van der Waals surface area contributed by atoms with Crippen molar-refractivity contribution in [3.8, 4) is 0 Å². The Morgan fingerprint density at radius 1 is 1.05 bits per heavy atom. The third kappa shape index (κ3) is 10.4. The topological polar surface area (TPSA) is 83.8 Å². The molecule has 0 rings (SSSR count). The molecule has 0 aliphatic heterocycles. The van der Waals surface area contributed by atoms with E-state index >= 15 is 0 Å². The van der Waals surface area contributed by atoms with E-state index in [2.05, 4.69) is 39.3 Å². The number of esters is 1. The Morgan fingerprint density at radius 2 is 1.52 bits per heavy atom. The van der Waals surface area contributed by atoms with Crippen molar-refractivity contribution in [3.05, 3.63) is 0 Å². The van der Waals surface area contributed by atoms with E-state index in [0.717, 1.165) is 0 Å². The molecule has 0 aromatic carbocycles. The van der Waals surface area contributed by atoms with Crippen LogP contribution < -0.4 is 0 Å². The summed E-state index contributed by atoms with van der Waals surface area (Å²) in [6.45, 7) is 14.4. The first-order valence-electron chi connectivity index (χ1n) is 7.43. The molecule has 0 heterocycles. The maximum Gasteiger partial charge on any atom is 0.325 e. The summed E-state index contributed by atoms with van der Waals surface area (Å²) in [6.07, 6.45) is 0.899. The minimum absolute atomic E-state index is 0.160. The highest BCUT2D eigenvalue weighted by atomic mass is 31.2. The molecular weight excluding hydrogens is 323 g/mol. The van der Waals surface area contributed by atoms with Crippen LogP contribution in [0.3, 0.4) is 0 Å². The molecule has 0 spiro atoms. The normalized spacial score (nSPS) is 13.6. The van der Waals surface area contributed by atoms with Crippen molar-refractivity contribution in [2.45, 2.75) is 63.7 Å². The summed E-state index contributed by atoms with van der Waals surface area (Å²) in [5, 5.41) is 0.518. The lowest BCUT2D eigenvalue weighted by Gasteiger charge is -2.37. The van der Waals surface area contributed by atoms with Gasteiger partial charge in [-0.05, 0) is 18.0 Å².